The zero-order valence-electron chi connectivity index (χ0n) is 10.1. The van der Waals surface area contributed by atoms with Crippen molar-refractivity contribution in [3.8, 4) is 0 Å². The molecule has 1 N–H and O–H groups in total. The van der Waals surface area contributed by atoms with E-state index >= 15 is 0 Å². The first-order valence-electron chi connectivity index (χ1n) is 5.79. The smallest absolute Gasteiger partial charge is 0.0326 e. The molecule has 1 aromatic carbocycles. The molecule has 1 unspecified atom stereocenters. The first-order valence-corrected chi connectivity index (χ1v) is 6.58. The van der Waals surface area contributed by atoms with Crippen LogP contribution in [0.5, 0.6) is 0 Å². The molecule has 0 radical (unpaired) electrons. The van der Waals surface area contributed by atoms with Gasteiger partial charge in [0.05, 0.1) is 0 Å². The summed E-state index contributed by atoms with van der Waals surface area (Å²) in [6.45, 7) is 9.10. The van der Waals surface area contributed by atoms with E-state index < -0.39 is 0 Å². The molecule has 2 heteroatoms. The lowest BCUT2D eigenvalue weighted by molar-refractivity contribution is 0.517. The van der Waals surface area contributed by atoms with Gasteiger partial charge >= 0.3 is 0 Å². The predicted molar refractivity (Wildman–Crippen MR) is 74.7 cm³/mol. The van der Waals surface area contributed by atoms with Crippen molar-refractivity contribution in [2.75, 3.05) is 6.54 Å². The van der Waals surface area contributed by atoms with Gasteiger partial charge in [0, 0.05) is 10.5 Å². The first-order chi connectivity index (χ1) is 7.69. The third kappa shape index (κ3) is 3.76. The summed E-state index contributed by atoms with van der Waals surface area (Å²) in [6, 6.07) is 6.90. The monoisotopic (exact) mass is 281 g/mol. The Morgan fingerprint density at radius 1 is 1.50 bits per heavy atom. The molecule has 1 nitrogen and oxygen atoms in total. The Balaban J connectivity index is 2.89. The Bertz CT molecular complexity index is 347. The van der Waals surface area contributed by atoms with Crippen LogP contribution >= 0.6 is 15.9 Å². The van der Waals surface area contributed by atoms with Gasteiger partial charge in [-0.15, -0.1) is 6.58 Å². The van der Waals surface area contributed by atoms with Crippen LogP contribution in [0.3, 0.4) is 0 Å². The summed E-state index contributed by atoms with van der Waals surface area (Å²) < 4.78 is 1.15. The molecule has 0 amide bonds. The second kappa shape index (κ2) is 6.87. The van der Waals surface area contributed by atoms with E-state index in [4.69, 9.17) is 0 Å². The predicted octanol–water partition coefficient (Wildman–Crippen LogP) is 4.37. The minimum atomic E-state index is 0.431. The van der Waals surface area contributed by atoms with Crippen LogP contribution in [0.25, 0.3) is 0 Å². The van der Waals surface area contributed by atoms with Crippen LogP contribution in [0, 0.1) is 6.92 Å². The molecular formula is C14H20BrN. The minimum absolute atomic E-state index is 0.431. The van der Waals surface area contributed by atoms with Gasteiger partial charge in [-0.25, -0.2) is 0 Å². The molecule has 0 aromatic heterocycles. The summed E-state index contributed by atoms with van der Waals surface area (Å²) in [5.74, 6) is 0. The van der Waals surface area contributed by atoms with Crippen LogP contribution < -0.4 is 5.32 Å². The number of nitrogens with one attached hydrogen (secondary N) is 1. The summed E-state index contributed by atoms with van der Waals surface area (Å²) in [5, 5.41) is 3.53. The molecule has 16 heavy (non-hydrogen) atoms. The molecule has 1 atom stereocenters. The van der Waals surface area contributed by atoms with Gasteiger partial charge in [-0.05, 0) is 49.6 Å². The SMILES string of the molecule is C=CCCC(NCC)c1cc(Br)ccc1C. The lowest BCUT2D eigenvalue weighted by Crippen LogP contribution is -2.21. The maximum absolute atomic E-state index is 3.79. The molecule has 1 rings (SSSR count). The van der Waals surface area contributed by atoms with E-state index in [-0.39, 0.29) is 0 Å². The van der Waals surface area contributed by atoms with Gasteiger partial charge in [0.15, 0.2) is 0 Å². The number of benzene rings is 1. The second-order valence-corrected chi connectivity index (χ2v) is 4.89. The Labute approximate surface area is 107 Å². The zero-order chi connectivity index (χ0) is 12.0. The summed E-state index contributed by atoms with van der Waals surface area (Å²) in [5.41, 5.74) is 2.73. The van der Waals surface area contributed by atoms with Gasteiger partial charge in [0.25, 0.3) is 0 Å². The fourth-order valence-electron chi connectivity index (χ4n) is 1.89. The standard InChI is InChI=1S/C14H20BrN/c1-4-6-7-14(16-5-2)13-10-12(15)9-8-11(13)3/h4,8-10,14,16H,1,5-7H2,2-3H3. The topological polar surface area (TPSA) is 12.0 Å². The van der Waals surface area contributed by atoms with Crippen molar-refractivity contribution in [2.45, 2.75) is 32.7 Å². The van der Waals surface area contributed by atoms with Gasteiger partial charge < -0.3 is 5.32 Å². The van der Waals surface area contributed by atoms with Gasteiger partial charge in [-0.1, -0.05) is 35.0 Å². The largest absolute Gasteiger partial charge is 0.310 e. The molecule has 0 heterocycles. The van der Waals surface area contributed by atoms with Crippen molar-refractivity contribution < 1.29 is 0 Å². The first kappa shape index (κ1) is 13.5. The van der Waals surface area contributed by atoms with Crippen LogP contribution in [0.4, 0.5) is 0 Å². The molecule has 0 fully saturated rings. The van der Waals surface area contributed by atoms with Gasteiger partial charge in [-0.3, -0.25) is 0 Å². The normalized spacial score (nSPS) is 12.4. The van der Waals surface area contributed by atoms with Crippen LogP contribution in [-0.4, -0.2) is 6.54 Å². The van der Waals surface area contributed by atoms with E-state index in [1.54, 1.807) is 0 Å². The second-order valence-electron chi connectivity index (χ2n) is 3.98. The van der Waals surface area contributed by atoms with Crippen molar-refractivity contribution in [2.24, 2.45) is 0 Å². The molecule has 0 aliphatic carbocycles. The average Bonchev–Trinajstić information content (AvgIpc) is 2.28. The summed E-state index contributed by atoms with van der Waals surface area (Å²) in [4.78, 5) is 0. The number of aryl methyl sites for hydroxylation is 1. The van der Waals surface area contributed by atoms with E-state index in [0.717, 1.165) is 23.9 Å². The summed E-state index contributed by atoms with van der Waals surface area (Å²) in [7, 11) is 0. The number of hydrogen-bond acceptors (Lipinski definition) is 1. The third-order valence-electron chi connectivity index (χ3n) is 2.73. The fraction of sp³-hybridized carbons (Fsp3) is 0.429. The molecule has 0 aliphatic heterocycles. The Morgan fingerprint density at radius 3 is 2.88 bits per heavy atom. The van der Waals surface area contributed by atoms with Crippen molar-refractivity contribution >= 4 is 15.9 Å². The summed E-state index contributed by atoms with van der Waals surface area (Å²) >= 11 is 3.54. The Morgan fingerprint density at radius 2 is 2.25 bits per heavy atom. The Hall–Kier alpha value is -0.600. The van der Waals surface area contributed by atoms with Gasteiger partial charge in [0.2, 0.25) is 0 Å². The van der Waals surface area contributed by atoms with Crippen LogP contribution in [0.1, 0.15) is 36.9 Å². The fourth-order valence-corrected chi connectivity index (χ4v) is 2.26. The number of rotatable bonds is 6. The van der Waals surface area contributed by atoms with Crippen molar-refractivity contribution in [1.29, 1.82) is 0 Å². The summed E-state index contributed by atoms with van der Waals surface area (Å²) in [6.07, 6.45) is 4.13. The Kier molecular flexibility index (Phi) is 5.78. The number of allylic oxidation sites excluding steroid dienone is 1. The highest BCUT2D eigenvalue weighted by atomic mass is 79.9. The van der Waals surface area contributed by atoms with E-state index in [1.807, 2.05) is 6.08 Å². The van der Waals surface area contributed by atoms with E-state index in [2.05, 4.69) is 59.9 Å². The van der Waals surface area contributed by atoms with Crippen LogP contribution in [0.15, 0.2) is 35.3 Å². The molecule has 0 bridgehead atoms. The van der Waals surface area contributed by atoms with Crippen molar-refractivity contribution in [3.63, 3.8) is 0 Å². The molecule has 88 valence electrons. The molecule has 1 aromatic rings. The molecule has 0 saturated heterocycles. The highest BCUT2D eigenvalue weighted by molar-refractivity contribution is 9.10. The number of hydrogen-bond donors (Lipinski definition) is 1. The quantitative estimate of drug-likeness (QED) is 0.764. The molecule has 0 saturated carbocycles. The zero-order valence-corrected chi connectivity index (χ0v) is 11.7. The van der Waals surface area contributed by atoms with E-state index in [0.29, 0.717) is 6.04 Å². The maximum Gasteiger partial charge on any atom is 0.0326 e. The molecule has 0 spiro atoms. The maximum atomic E-state index is 3.79. The lowest BCUT2D eigenvalue weighted by atomic mass is 9.97. The highest BCUT2D eigenvalue weighted by Gasteiger charge is 2.11. The van der Waals surface area contributed by atoms with Gasteiger partial charge in [0.1, 0.15) is 0 Å². The average molecular weight is 282 g/mol. The lowest BCUT2D eigenvalue weighted by Gasteiger charge is -2.20. The van der Waals surface area contributed by atoms with E-state index in [9.17, 15) is 0 Å². The van der Waals surface area contributed by atoms with Crippen molar-refractivity contribution in [1.82, 2.24) is 5.32 Å². The highest BCUT2D eigenvalue weighted by Crippen LogP contribution is 2.25. The molecular weight excluding hydrogens is 262 g/mol. The van der Waals surface area contributed by atoms with Crippen molar-refractivity contribution in [3.05, 3.63) is 46.5 Å². The number of halogens is 1. The van der Waals surface area contributed by atoms with Crippen LogP contribution in [-0.2, 0) is 0 Å². The van der Waals surface area contributed by atoms with E-state index in [1.165, 1.54) is 11.1 Å². The van der Waals surface area contributed by atoms with Gasteiger partial charge in [-0.2, -0.15) is 0 Å². The van der Waals surface area contributed by atoms with Crippen LogP contribution in [0.2, 0.25) is 0 Å². The third-order valence-corrected chi connectivity index (χ3v) is 3.22. The molecule has 0 aliphatic rings. The minimum Gasteiger partial charge on any atom is -0.310 e.